The molecule has 24 heavy (non-hydrogen) atoms. The van der Waals surface area contributed by atoms with E-state index >= 15 is 0 Å². The molecule has 1 unspecified atom stereocenters. The van der Waals surface area contributed by atoms with Crippen LogP contribution in [0.2, 0.25) is 0 Å². The highest BCUT2D eigenvalue weighted by atomic mass is 16.5. The zero-order chi connectivity index (χ0) is 17.5. The summed E-state index contributed by atoms with van der Waals surface area (Å²) in [5.74, 6) is -0.936. The van der Waals surface area contributed by atoms with Gasteiger partial charge in [0.2, 0.25) is 0 Å². The third kappa shape index (κ3) is 5.43. The summed E-state index contributed by atoms with van der Waals surface area (Å²) in [6, 6.07) is 13.9. The topological polar surface area (TPSA) is 75.6 Å². The first kappa shape index (κ1) is 17.5. The Bertz CT molecular complexity index is 692. The molecule has 0 aliphatic rings. The van der Waals surface area contributed by atoms with E-state index in [2.05, 4.69) is 5.32 Å². The number of rotatable bonds is 7. The fourth-order valence-corrected chi connectivity index (χ4v) is 2.45. The molecule has 2 N–H and O–H groups in total. The lowest BCUT2D eigenvalue weighted by Gasteiger charge is -2.15. The summed E-state index contributed by atoms with van der Waals surface area (Å²) < 4.78 is 5.46. The number of benzene rings is 2. The van der Waals surface area contributed by atoms with E-state index in [4.69, 9.17) is 4.74 Å². The second kappa shape index (κ2) is 8.15. The highest BCUT2D eigenvalue weighted by molar-refractivity contribution is 5.84. The Morgan fingerprint density at radius 1 is 1.08 bits per heavy atom. The van der Waals surface area contributed by atoms with Gasteiger partial charge >= 0.3 is 5.97 Å². The SMILES string of the molecule is Cc1cc(C)cc(OCC(=O)NC(Cc2ccccc2)C(=O)O)c1. The van der Waals surface area contributed by atoms with Crippen molar-refractivity contribution in [2.45, 2.75) is 26.3 Å². The van der Waals surface area contributed by atoms with Crippen molar-refractivity contribution in [1.29, 1.82) is 0 Å². The zero-order valence-electron chi connectivity index (χ0n) is 13.8. The number of carbonyl (C=O) groups excluding carboxylic acids is 1. The van der Waals surface area contributed by atoms with Gasteiger partial charge in [-0.25, -0.2) is 4.79 Å². The number of carbonyl (C=O) groups is 2. The van der Waals surface area contributed by atoms with Crippen LogP contribution in [0.1, 0.15) is 16.7 Å². The molecule has 0 radical (unpaired) electrons. The normalized spacial score (nSPS) is 11.6. The second-order valence-electron chi connectivity index (χ2n) is 5.76. The lowest BCUT2D eigenvalue weighted by Crippen LogP contribution is -2.44. The van der Waals surface area contributed by atoms with Crippen molar-refractivity contribution in [2.24, 2.45) is 0 Å². The number of aliphatic carboxylic acids is 1. The number of hydrogen-bond donors (Lipinski definition) is 2. The third-order valence-electron chi connectivity index (χ3n) is 3.48. The third-order valence-corrected chi connectivity index (χ3v) is 3.48. The number of ether oxygens (including phenoxy) is 1. The maximum Gasteiger partial charge on any atom is 0.326 e. The van der Waals surface area contributed by atoms with E-state index in [9.17, 15) is 14.7 Å². The second-order valence-corrected chi connectivity index (χ2v) is 5.76. The van der Waals surface area contributed by atoms with Crippen LogP contribution in [0.15, 0.2) is 48.5 Å². The average molecular weight is 327 g/mol. The van der Waals surface area contributed by atoms with Gasteiger partial charge in [0.1, 0.15) is 11.8 Å². The molecule has 0 saturated carbocycles. The molecule has 0 spiro atoms. The van der Waals surface area contributed by atoms with Gasteiger partial charge in [-0.1, -0.05) is 36.4 Å². The van der Waals surface area contributed by atoms with Crippen molar-refractivity contribution in [3.63, 3.8) is 0 Å². The molecule has 0 aromatic heterocycles. The number of carboxylic acid groups (broad SMARTS) is 1. The van der Waals surface area contributed by atoms with Gasteiger partial charge in [0.15, 0.2) is 6.61 Å². The van der Waals surface area contributed by atoms with Gasteiger partial charge in [-0.05, 0) is 42.7 Å². The molecule has 5 heteroatoms. The molecule has 1 amide bonds. The van der Waals surface area contributed by atoms with Crippen LogP contribution in [0, 0.1) is 13.8 Å². The van der Waals surface area contributed by atoms with Crippen molar-refractivity contribution in [2.75, 3.05) is 6.61 Å². The molecule has 2 aromatic rings. The molecule has 1 atom stereocenters. The van der Waals surface area contributed by atoms with Gasteiger partial charge in [-0.3, -0.25) is 4.79 Å². The first-order valence-electron chi connectivity index (χ1n) is 7.71. The summed E-state index contributed by atoms with van der Waals surface area (Å²) in [7, 11) is 0. The molecular weight excluding hydrogens is 306 g/mol. The molecule has 0 bridgehead atoms. The monoisotopic (exact) mass is 327 g/mol. The lowest BCUT2D eigenvalue weighted by molar-refractivity contribution is -0.142. The molecule has 0 aliphatic heterocycles. The summed E-state index contributed by atoms with van der Waals surface area (Å²) in [5.41, 5.74) is 2.93. The van der Waals surface area contributed by atoms with Crippen LogP contribution in [0.25, 0.3) is 0 Å². The van der Waals surface area contributed by atoms with E-state index in [1.165, 1.54) is 0 Å². The minimum Gasteiger partial charge on any atom is -0.484 e. The van der Waals surface area contributed by atoms with Crippen molar-refractivity contribution in [3.05, 3.63) is 65.2 Å². The largest absolute Gasteiger partial charge is 0.484 e. The minimum atomic E-state index is -1.07. The number of amides is 1. The number of hydrogen-bond acceptors (Lipinski definition) is 3. The van der Waals surface area contributed by atoms with E-state index in [1.807, 2.05) is 62.4 Å². The van der Waals surface area contributed by atoms with Crippen LogP contribution < -0.4 is 10.1 Å². The van der Waals surface area contributed by atoms with Gasteiger partial charge < -0.3 is 15.2 Å². The van der Waals surface area contributed by atoms with E-state index in [0.29, 0.717) is 5.75 Å². The first-order valence-corrected chi connectivity index (χ1v) is 7.71. The van der Waals surface area contributed by atoms with Crippen molar-refractivity contribution in [1.82, 2.24) is 5.32 Å². The van der Waals surface area contributed by atoms with Crippen molar-refractivity contribution < 1.29 is 19.4 Å². The summed E-state index contributed by atoms with van der Waals surface area (Å²) in [6.07, 6.45) is 0.228. The predicted molar refractivity (Wildman–Crippen MR) is 91.1 cm³/mol. The van der Waals surface area contributed by atoms with Crippen LogP contribution in [-0.4, -0.2) is 29.6 Å². The predicted octanol–water partition coefficient (Wildman–Crippen LogP) is 2.49. The molecule has 0 heterocycles. The van der Waals surface area contributed by atoms with Gasteiger partial charge in [0, 0.05) is 6.42 Å². The van der Waals surface area contributed by atoms with Gasteiger partial charge in [0.25, 0.3) is 5.91 Å². The van der Waals surface area contributed by atoms with Crippen LogP contribution >= 0.6 is 0 Å². The van der Waals surface area contributed by atoms with Crippen LogP contribution in [-0.2, 0) is 16.0 Å². The molecule has 5 nitrogen and oxygen atoms in total. The Morgan fingerprint density at radius 2 is 1.71 bits per heavy atom. The average Bonchev–Trinajstić information content (AvgIpc) is 2.52. The fourth-order valence-electron chi connectivity index (χ4n) is 2.45. The van der Waals surface area contributed by atoms with E-state index in [-0.39, 0.29) is 13.0 Å². The molecule has 2 aromatic carbocycles. The zero-order valence-corrected chi connectivity index (χ0v) is 13.8. The first-order chi connectivity index (χ1) is 11.4. The molecular formula is C19H21NO4. The van der Waals surface area contributed by atoms with Gasteiger partial charge in [0.05, 0.1) is 0 Å². The number of carboxylic acids is 1. The molecule has 0 saturated heterocycles. The summed E-state index contributed by atoms with van der Waals surface area (Å²) in [5, 5.41) is 11.8. The molecule has 126 valence electrons. The van der Waals surface area contributed by atoms with Crippen LogP contribution in [0.5, 0.6) is 5.75 Å². The number of nitrogens with one attached hydrogen (secondary N) is 1. The standard InChI is InChI=1S/C19H21NO4/c1-13-8-14(2)10-16(9-13)24-12-18(21)20-17(19(22)23)11-15-6-4-3-5-7-15/h3-10,17H,11-12H2,1-2H3,(H,20,21)(H,22,23). The summed E-state index contributed by atoms with van der Waals surface area (Å²) in [4.78, 5) is 23.3. The summed E-state index contributed by atoms with van der Waals surface area (Å²) >= 11 is 0. The summed E-state index contributed by atoms with van der Waals surface area (Å²) in [6.45, 7) is 3.67. The Balaban J connectivity index is 1.92. The van der Waals surface area contributed by atoms with E-state index in [1.54, 1.807) is 0 Å². The Labute approximate surface area is 141 Å². The lowest BCUT2D eigenvalue weighted by atomic mass is 10.1. The van der Waals surface area contributed by atoms with Crippen molar-refractivity contribution >= 4 is 11.9 Å². The maximum atomic E-state index is 12.0. The highest BCUT2D eigenvalue weighted by Crippen LogP contribution is 2.16. The Kier molecular flexibility index (Phi) is 5.95. The van der Waals surface area contributed by atoms with Gasteiger partial charge in [-0.2, -0.15) is 0 Å². The number of aryl methyl sites for hydroxylation is 2. The molecule has 2 rings (SSSR count). The fraction of sp³-hybridized carbons (Fsp3) is 0.263. The van der Waals surface area contributed by atoms with E-state index in [0.717, 1.165) is 16.7 Å². The Morgan fingerprint density at radius 3 is 2.29 bits per heavy atom. The smallest absolute Gasteiger partial charge is 0.326 e. The van der Waals surface area contributed by atoms with Crippen LogP contribution in [0.4, 0.5) is 0 Å². The van der Waals surface area contributed by atoms with Gasteiger partial charge in [-0.15, -0.1) is 0 Å². The molecule has 0 aliphatic carbocycles. The quantitative estimate of drug-likeness (QED) is 0.819. The van der Waals surface area contributed by atoms with E-state index < -0.39 is 17.9 Å². The van der Waals surface area contributed by atoms with Crippen molar-refractivity contribution in [3.8, 4) is 5.75 Å². The van der Waals surface area contributed by atoms with Crippen LogP contribution in [0.3, 0.4) is 0 Å². The maximum absolute atomic E-state index is 12.0. The molecule has 0 fully saturated rings. The minimum absolute atomic E-state index is 0.221. The highest BCUT2D eigenvalue weighted by Gasteiger charge is 2.20. The Hall–Kier alpha value is -2.82.